The minimum Gasteiger partial charge on any atom is -0.498 e. The highest BCUT2D eigenvalue weighted by Gasteiger charge is 2.22. The minimum absolute atomic E-state index is 0.252. The fourth-order valence-corrected chi connectivity index (χ4v) is 3.05. The van der Waals surface area contributed by atoms with Crippen LogP contribution in [0.25, 0.3) is 17.2 Å². The summed E-state index contributed by atoms with van der Waals surface area (Å²) in [7, 11) is -4.00. The van der Waals surface area contributed by atoms with Gasteiger partial charge in [0.05, 0.1) is 18.4 Å². The molecule has 1 N–H and O–H groups in total. The lowest BCUT2D eigenvalue weighted by molar-refractivity contribution is -0.677. The molecule has 8 heteroatoms. The van der Waals surface area contributed by atoms with Crippen LogP contribution >= 0.6 is 11.6 Å². The van der Waals surface area contributed by atoms with Crippen LogP contribution in [0.4, 0.5) is 0 Å². The normalized spacial score (nSPS) is 12.8. The van der Waals surface area contributed by atoms with Crippen molar-refractivity contribution in [2.24, 2.45) is 0 Å². The zero-order valence-electron chi connectivity index (χ0n) is 13.7. The number of aromatic nitrogens is 1. The molecule has 1 aromatic heterocycles. The maximum atomic E-state index is 10.9. The molecule has 0 fully saturated rings. The average Bonchev–Trinajstić information content (AvgIpc) is 2.83. The maximum Gasteiger partial charge on any atom is 0.377 e. The third-order valence-corrected chi connectivity index (χ3v) is 4.48. The summed E-state index contributed by atoms with van der Waals surface area (Å²) in [4.78, 5) is 0. The van der Waals surface area contributed by atoms with E-state index in [0.717, 1.165) is 11.3 Å². The molecule has 0 saturated carbocycles. The van der Waals surface area contributed by atoms with Crippen molar-refractivity contribution in [1.29, 1.82) is 0 Å². The first-order valence-corrected chi connectivity index (χ1v) is 9.73. The van der Waals surface area contributed by atoms with Crippen molar-refractivity contribution >= 4 is 38.9 Å². The molecule has 0 atom stereocenters. The highest BCUT2D eigenvalue weighted by molar-refractivity contribution is 7.85. The van der Waals surface area contributed by atoms with Crippen molar-refractivity contribution in [3.63, 3.8) is 0 Å². The smallest absolute Gasteiger partial charge is 0.377 e. The standard InChI is InChI=1S/C16H20ClNO5S/c1-3-13(22-4-2)11-16-18(8-5-9-24(19,20)21)14-10-12(17)6-7-15(14)23-16/h6-7,10-11H,3-5,8-9H2,1-2H3/p+1/b13-11-. The van der Waals surface area contributed by atoms with Gasteiger partial charge in [-0.05, 0) is 19.1 Å². The van der Waals surface area contributed by atoms with E-state index in [4.69, 9.17) is 25.3 Å². The van der Waals surface area contributed by atoms with Gasteiger partial charge in [-0.3, -0.25) is 4.55 Å². The molecule has 0 aliphatic heterocycles. The summed E-state index contributed by atoms with van der Waals surface area (Å²) in [5.74, 6) is 1.00. The molecular formula is C16H21ClNO5S+. The number of rotatable bonds is 8. The third kappa shape index (κ3) is 4.96. The first kappa shape index (κ1) is 18.8. The second-order valence-electron chi connectivity index (χ2n) is 5.24. The Morgan fingerprint density at radius 1 is 1.42 bits per heavy atom. The maximum absolute atomic E-state index is 10.9. The zero-order valence-corrected chi connectivity index (χ0v) is 15.2. The van der Waals surface area contributed by atoms with Crippen molar-refractivity contribution in [2.75, 3.05) is 12.4 Å². The summed E-state index contributed by atoms with van der Waals surface area (Å²) in [6.07, 6.45) is 2.75. The van der Waals surface area contributed by atoms with Crippen molar-refractivity contribution < 1.29 is 26.7 Å². The van der Waals surface area contributed by atoms with Crippen LogP contribution in [0, 0.1) is 0 Å². The van der Waals surface area contributed by atoms with Gasteiger partial charge in [-0.25, -0.2) is 0 Å². The Bertz CT molecular complexity index is 842. The molecule has 0 aliphatic carbocycles. The third-order valence-electron chi connectivity index (χ3n) is 3.44. The van der Waals surface area contributed by atoms with Crippen molar-refractivity contribution in [3.8, 4) is 0 Å². The first-order valence-electron chi connectivity index (χ1n) is 7.74. The van der Waals surface area contributed by atoms with Gasteiger partial charge in [0.2, 0.25) is 5.58 Å². The fraction of sp³-hybridized carbons (Fsp3) is 0.438. The van der Waals surface area contributed by atoms with E-state index in [0.29, 0.717) is 36.1 Å². The molecule has 6 nitrogen and oxygen atoms in total. The Balaban J connectivity index is 2.43. The number of ether oxygens (including phenoxy) is 1. The van der Waals surface area contributed by atoms with Crippen LogP contribution < -0.4 is 4.57 Å². The summed E-state index contributed by atoms with van der Waals surface area (Å²) >= 11 is 6.06. The molecule has 0 unspecified atom stereocenters. The largest absolute Gasteiger partial charge is 0.498 e. The van der Waals surface area contributed by atoms with Gasteiger partial charge in [0, 0.05) is 23.9 Å². The molecule has 2 aromatic rings. The molecule has 0 aliphatic rings. The lowest BCUT2D eigenvalue weighted by atomic mass is 10.3. The van der Waals surface area contributed by atoms with Gasteiger partial charge in [0.1, 0.15) is 5.76 Å². The predicted molar refractivity (Wildman–Crippen MR) is 92.3 cm³/mol. The highest BCUT2D eigenvalue weighted by Crippen LogP contribution is 2.21. The molecule has 24 heavy (non-hydrogen) atoms. The van der Waals surface area contributed by atoms with E-state index in [9.17, 15) is 8.42 Å². The van der Waals surface area contributed by atoms with E-state index in [-0.39, 0.29) is 12.2 Å². The topological polar surface area (TPSA) is 80.6 Å². The van der Waals surface area contributed by atoms with Gasteiger partial charge in [-0.2, -0.15) is 13.0 Å². The highest BCUT2D eigenvalue weighted by atomic mass is 35.5. The van der Waals surface area contributed by atoms with Crippen molar-refractivity contribution in [3.05, 3.63) is 34.9 Å². The van der Waals surface area contributed by atoms with Crippen molar-refractivity contribution in [1.82, 2.24) is 0 Å². The molecule has 0 spiro atoms. The molecular weight excluding hydrogens is 354 g/mol. The molecule has 0 saturated heterocycles. The first-order chi connectivity index (χ1) is 11.3. The van der Waals surface area contributed by atoms with E-state index in [1.165, 1.54) is 0 Å². The fourth-order valence-electron chi connectivity index (χ4n) is 2.39. The van der Waals surface area contributed by atoms with Crippen molar-refractivity contribution in [2.45, 2.75) is 33.2 Å². The van der Waals surface area contributed by atoms with Crippen LogP contribution in [0.2, 0.25) is 5.02 Å². The number of hydrogen-bond acceptors (Lipinski definition) is 4. The summed E-state index contributed by atoms with van der Waals surface area (Å²) in [5.41, 5.74) is 1.40. The molecule has 0 bridgehead atoms. The van der Waals surface area contributed by atoms with E-state index in [1.807, 2.05) is 18.4 Å². The Morgan fingerprint density at radius 2 is 2.17 bits per heavy atom. The number of fused-ring (bicyclic) bond motifs is 1. The van der Waals surface area contributed by atoms with Gasteiger partial charge in [-0.1, -0.05) is 18.5 Å². The Kier molecular flexibility index (Phi) is 6.26. The van der Waals surface area contributed by atoms with Gasteiger partial charge >= 0.3 is 5.89 Å². The second-order valence-corrected chi connectivity index (χ2v) is 7.25. The van der Waals surface area contributed by atoms with Crippen LogP contribution in [-0.2, 0) is 21.4 Å². The molecule has 1 aromatic carbocycles. The van der Waals surface area contributed by atoms with E-state index in [1.54, 1.807) is 24.3 Å². The molecule has 0 amide bonds. The summed E-state index contributed by atoms with van der Waals surface area (Å²) in [5, 5.41) is 0.558. The lowest BCUT2D eigenvalue weighted by Crippen LogP contribution is -2.36. The van der Waals surface area contributed by atoms with E-state index in [2.05, 4.69) is 0 Å². The lowest BCUT2D eigenvalue weighted by Gasteiger charge is -2.03. The van der Waals surface area contributed by atoms with Crippen LogP contribution in [0.3, 0.4) is 0 Å². The van der Waals surface area contributed by atoms with E-state index >= 15 is 0 Å². The number of oxazole rings is 1. The quantitative estimate of drug-likeness (QED) is 0.435. The molecule has 132 valence electrons. The van der Waals surface area contributed by atoms with E-state index < -0.39 is 10.1 Å². The number of allylic oxidation sites excluding steroid dienone is 1. The number of nitrogens with zero attached hydrogens (tertiary/aromatic N) is 1. The van der Waals surface area contributed by atoms with Gasteiger partial charge in [0.25, 0.3) is 15.6 Å². The number of halogens is 1. The number of benzene rings is 1. The monoisotopic (exact) mass is 374 g/mol. The average molecular weight is 375 g/mol. The van der Waals surface area contributed by atoms with Crippen LogP contribution in [0.15, 0.2) is 28.4 Å². The second kappa shape index (κ2) is 8.00. The van der Waals surface area contributed by atoms with Gasteiger partial charge in [-0.15, -0.1) is 0 Å². The zero-order chi connectivity index (χ0) is 17.7. The predicted octanol–water partition coefficient (Wildman–Crippen LogP) is 3.44. The summed E-state index contributed by atoms with van der Waals surface area (Å²) in [6, 6.07) is 5.25. The van der Waals surface area contributed by atoms with Gasteiger partial charge in [0.15, 0.2) is 6.54 Å². The Morgan fingerprint density at radius 3 is 2.79 bits per heavy atom. The Hall–Kier alpha value is -1.57. The van der Waals surface area contributed by atoms with Crippen LogP contribution in [0.1, 0.15) is 32.6 Å². The minimum atomic E-state index is -4.00. The number of hydrogen-bond donors (Lipinski definition) is 1. The van der Waals surface area contributed by atoms with Gasteiger partial charge < -0.3 is 9.15 Å². The molecule has 0 radical (unpaired) electrons. The van der Waals surface area contributed by atoms with Crippen LogP contribution in [-0.4, -0.2) is 25.3 Å². The molecule has 1 heterocycles. The van der Waals surface area contributed by atoms with Crippen LogP contribution in [0.5, 0.6) is 0 Å². The number of aryl methyl sites for hydroxylation is 1. The molecule has 2 rings (SSSR count). The summed E-state index contributed by atoms with van der Waals surface area (Å²) < 4.78 is 44.0. The summed E-state index contributed by atoms with van der Waals surface area (Å²) in [6.45, 7) is 4.79. The SMILES string of the molecule is CCO/C(=C\c1oc2ccc(Cl)cc2[n+]1CCCS(=O)(=O)O)CC. The Labute approximate surface area is 146 Å².